The number of aryl methyl sites for hydroxylation is 1. The highest BCUT2D eigenvalue weighted by atomic mass is 35.5. The monoisotopic (exact) mass is 306 g/mol. The number of rotatable bonds is 1. The number of carbonyl (C=O) groups is 2. The van der Waals surface area contributed by atoms with E-state index < -0.39 is 5.54 Å². The molecule has 0 atom stereocenters. The lowest BCUT2D eigenvalue weighted by Gasteiger charge is -2.32. The molecule has 1 saturated heterocycles. The van der Waals surface area contributed by atoms with Gasteiger partial charge in [0.1, 0.15) is 5.54 Å². The molecule has 1 heterocycles. The van der Waals surface area contributed by atoms with E-state index >= 15 is 0 Å². The third kappa shape index (κ3) is 2.42. The summed E-state index contributed by atoms with van der Waals surface area (Å²) in [4.78, 5) is 26.8. The number of nitrogens with zero attached hydrogens (tertiary/aromatic N) is 1. The summed E-state index contributed by atoms with van der Waals surface area (Å²) in [6, 6.07) is 5.60. The predicted molar refractivity (Wildman–Crippen MR) is 82.5 cm³/mol. The van der Waals surface area contributed by atoms with Crippen molar-refractivity contribution in [3.63, 3.8) is 0 Å². The first-order valence-electron chi connectivity index (χ1n) is 7.42. The zero-order chi connectivity index (χ0) is 15.0. The van der Waals surface area contributed by atoms with Gasteiger partial charge >= 0.3 is 0 Å². The van der Waals surface area contributed by atoms with Crippen molar-refractivity contribution in [1.29, 1.82) is 0 Å². The second-order valence-corrected chi connectivity index (χ2v) is 6.36. The fraction of sp³-hybridized carbons (Fsp3) is 0.500. The molecule has 0 aromatic heterocycles. The minimum absolute atomic E-state index is 0.0120. The summed E-state index contributed by atoms with van der Waals surface area (Å²) in [7, 11) is 0. The number of para-hydroxylation sites is 1. The third-order valence-electron chi connectivity index (χ3n) is 4.51. The van der Waals surface area contributed by atoms with Crippen molar-refractivity contribution in [2.75, 3.05) is 11.4 Å². The number of hydrogen-bond donors (Lipinski definition) is 1. The SMILES string of the molecule is Cc1cccc(Cl)c1N1CCC(=O)NC2(CCCC2)C1=O. The van der Waals surface area contributed by atoms with Gasteiger partial charge in [0.2, 0.25) is 5.91 Å². The zero-order valence-electron chi connectivity index (χ0n) is 12.1. The molecular weight excluding hydrogens is 288 g/mol. The van der Waals surface area contributed by atoms with Gasteiger partial charge in [-0.15, -0.1) is 0 Å². The maximum Gasteiger partial charge on any atom is 0.252 e. The standard InChI is InChI=1S/C16H19ClN2O2/c1-11-5-4-6-12(17)14(11)19-10-7-13(20)18-16(15(19)21)8-2-3-9-16/h4-6H,2-3,7-10H2,1H3,(H,18,20). The van der Waals surface area contributed by atoms with Crippen molar-refractivity contribution >= 4 is 29.1 Å². The van der Waals surface area contributed by atoms with Crippen molar-refractivity contribution in [2.24, 2.45) is 0 Å². The first kappa shape index (κ1) is 14.4. The number of nitrogens with one attached hydrogen (secondary N) is 1. The molecule has 0 unspecified atom stereocenters. The molecule has 2 fully saturated rings. The second-order valence-electron chi connectivity index (χ2n) is 5.95. The summed E-state index contributed by atoms with van der Waals surface area (Å²) < 4.78 is 0. The minimum atomic E-state index is -0.723. The topological polar surface area (TPSA) is 49.4 Å². The van der Waals surface area contributed by atoms with Crippen LogP contribution in [0.4, 0.5) is 5.69 Å². The van der Waals surface area contributed by atoms with Crippen LogP contribution in [0, 0.1) is 6.92 Å². The zero-order valence-corrected chi connectivity index (χ0v) is 12.9. The van der Waals surface area contributed by atoms with E-state index in [0.717, 1.165) is 36.9 Å². The summed E-state index contributed by atoms with van der Waals surface area (Å²) in [5, 5.41) is 3.53. The molecule has 3 rings (SSSR count). The largest absolute Gasteiger partial charge is 0.342 e. The third-order valence-corrected chi connectivity index (χ3v) is 4.82. The molecule has 1 spiro atoms. The van der Waals surface area contributed by atoms with Gasteiger partial charge in [0.25, 0.3) is 5.91 Å². The number of anilines is 1. The van der Waals surface area contributed by atoms with E-state index in [0.29, 0.717) is 18.0 Å². The first-order valence-corrected chi connectivity index (χ1v) is 7.79. The Morgan fingerprint density at radius 2 is 1.95 bits per heavy atom. The number of hydrogen-bond acceptors (Lipinski definition) is 2. The highest BCUT2D eigenvalue weighted by Crippen LogP contribution is 2.37. The molecule has 1 aliphatic carbocycles. The average molecular weight is 307 g/mol. The van der Waals surface area contributed by atoms with E-state index in [1.807, 2.05) is 19.1 Å². The average Bonchev–Trinajstić information content (AvgIpc) is 2.86. The van der Waals surface area contributed by atoms with Crippen LogP contribution in [0.5, 0.6) is 0 Å². The van der Waals surface area contributed by atoms with Gasteiger partial charge in [0.05, 0.1) is 10.7 Å². The van der Waals surface area contributed by atoms with Gasteiger partial charge in [0.15, 0.2) is 0 Å². The molecule has 2 amide bonds. The Morgan fingerprint density at radius 1 is 1.24 bits per heavy atom. The molecule has 1 aliphatic heterocycles. The van der Waals surface area contributed by atoms with Crippen molar-refractivity contribution in [1.82, 2.24) is 5.32 Å². The molecule has 2 aliphatic rings. The normalized spacial score (nSPS) is 21.5. The summed E-state index contributed by atoms with van der Waals surface area (Å²) >= 11 is 6.31. The summed E-state index contributed by atoms with van der Waals surface area (Å²) in [6.07, 6.45) is 3.70. The minimum Gasteiger partial charge on any atom is -0.342 e. The van der Waals surface area contributed by atoms with Crippen LogP contribution in [0.1, 0.15) is 37.7 Å². The van der Waals surface area contributed by atoms with Gasteiger partial charge in [-0.3, -0.25) is 9.59 Å². The van der Waals surface area contributed by atoms with E-state index in [2.05, 4.69) is 5.32 Å². The van der Waals surface area contributed by atoms with Gasteiger partial charge in [-0.25, -0.2) is 0 Å². The summed E-state index contributed by atoms with van der Waals surface area (Å²) in [6.45, 7) is 2.33. The molecule has 0 radical (unpaired) electrons. The number of benzene rings is 1. The number of halogens is 1. The first-order chi connectivity index (χ1) is 10.0. The van der Waals surface area contributed by atoms with E-state index in [9.17, 15) is 9.59 Å². The molecular formula is C16H19ClN2O2. The second kappa shape index (κ2) is 5.34. The van der Waals surface area contributed by atoms with E-state index in [1.54, 1.807) is 11.0 Å². The van der Waals surface area contributed by atoms with Crippen molar-refractivity contribution in [2.45, 2.75) is 44.6 Å². The highest BCUT2D eigenvalue weighted by Gasteiger charge is 2.47. The maximum absolute atomic E-state index is 13.1. The molecule has 0 bridgehead atoms. The van der Waals surface area contributed by atoms with E-state index in [4.69, 9.17) is 11.6 Å². The van der Waals surface area contributed by atoms with Crippen LogP contribution in [-0.4, -0.2) is 23.9 Å². The van der Waals surface area contributed by atoms with Gasteiger partial charge in [-0.1, -0.05) is 36.6 Å². The van der Waals surface area contributed by atoms with E-state index in [-0.39, 0.29) is 11.8 Å². The fourth-order valence-corrected chi connectivity index (χ4v) is 3.78. The maximum atomic E-state index is 13.1. The van der Waals surface area contributed by atoms with Gasteiger partial charge in [-0.05, 0) is 31.4 Å². The van der Waals surface area contributed by atoms with Crippen molar-refractivity contribution in [3.05, 3.63) is 28.8 Å². The van der Waals surface area contributed by atoms with Gasteiger partial charge in [0, 0.05) is 13.0 Å². The molecule has 1 aromatic carbocycles. The Kier molecular flexibility index (Phi) is 3.66. The van der Waals surface area contributed by atoms with Crippen LogP contribution in [-0.2, 0) is 9.59 Å². The van der Waals surface area contributed by atoms with Crippen LogP contribution < -0.4 is 10.2 Å². The number of amides is 2. The van der Waals surface area contributed by atoms with E-state index in [1.165, 1.54) is 0 Å². The van der Waals surface area contributed by atoms with Gasteiger partial charge < -0.3 is 10.2 Å². The fourth-order valence-electron chi connectivity index (χ4n) is 3.45. The molecule has 1 saturated carbocycles. The summed E-state index contributed by atoms with van der Waals surface area (Å²) in [5.74, 6) is -0.0560. The Labute approximate surface area is 129 Å². The van der Waals surface area contributed by atoms with Crippen LogP contribution in [0.15, 0.2) is 18.2 Å². The molecule has 1 N–H and O–H groups in total. The molecule has 4 nitrogen and oxygen atoms in total. The summed E-state index contributed by atoms with van der Waals surface area (Å²) in [5.41, 5.74) is 0.976. The predicted octanol–water partition coefficient (Wildman–Crippen LogP) is 2.81. The van der Waals surface area contributed by atoms with Crippen molar-refractivity contribution < 1.29 is 9.59 Å². The molecule has 112 valence electrons. The molecule has 1 aromatic rings. The van der Waals surface area contributed by atoms with Crippen LogP contribution in [0.25, 0.3) is 0 Å². The lowest BCUT2D eigenvalue weighted by Crippen LogP contribution is -2.55. The Balaban J connectivity index is 2.05. The quantitative estimate of drug-likeness (QED) is 0.867. The Hall–Kier alpha value is -1.55. The Morgan fingerprint density at radius 3 is 2.62 bits per heavy atom. The molecule has 21 heavy (non-hydrogen) atoms. The smallest absolute Gasteiger partial charge is 0.252 e. The molecule has 5 heteroatoms. The van der Waals surface area contributed by atoms with Gasteiger partial charge in [-0.2, -0.15) is 0 Å². The lowest BCUT2D eigenvalue weighted by atomic mass is 9.95. The van der Waals surface area contributed by atoms with Crippen LogP contribution >= 0.6 is 11.6 Å². The Bertz CT molecular complexity index is 574. The van der Waals surface area contributed by atoms with Crippen LogP contribution in [0.2, 0.25) is 5.02 Å². The van der Waals surface area contributed by atoms with Crippen molar-refractivity contribution in [3.8, 4) is 0 Å². The highest BCUT2D eigenvalue weighted by molar-refractivity contribution is 6.34. The lowest BCUT2D eigenvalue weighted by molar-refractivity contribution is -0.129. The van der Waals surface area contributed by atoms with Crippen LogP contribution in [0.3, 0.4) is 0 Å². The number of carbonyl (C=O) groups excluding carboxylic acids is 2.